The zero-order valence-electron chi connectivity index (χ0n) is 8.63. The Morgan fingerprint density at radius 2 is 2.33 bits per heavy atom. The Labute approximate surface area is 102 Å². The molecule has 15 heavy (non-hydrogen) atoms. The lowest BCUT2D eigenvalue weighted by Crippen LogP contribution is -2.32. The topological polar surface area (TPSA) is 29.1 Å². The first-order valence-electron chi connectivity index (χ1n) is 5.21. The highest BCUT2D eigenvalue weighted by molar-refractivity contribution is 9.11. The first-order valence-corrected chi connectivity index (χ1v) is 6.82. The zero-order chi connectivity index (χ0) is 10.8. The summed E-state index contributed by atoms with van der Waals surface area (Å²) in [6.07, 6.45) is 3.48. The van der Waals surface area contributed by atoms with Gasteiger partial charge in [0.15, 0.2) is 0 Å². The van der Waals surface area contributed by atoms with Crippen molar-refractivity contribution in [2.24, 2.45) is 5.92 Å². The summed E-state index contributed by atoms with van der Waals surface area (Å²) in [7, 11) is 0. The lowest BCUT2D eigenvalue weighted by molar-refractivity contribution is 0.0941. The number of thiophene rings is 1. The Morgan fingerprint density at radius 3 is 2.87 bits per heavy atom. The van der Waals surface area contributed by atoms with E-state index in [1.807, 2.05) is 12.1 Å². The van der Waals surface area contributed by atoms with Gasteiger partial charge in [-0.15, -0.1) is 11.3 Å². The van der Waals surface area contributed by atoms with Gasteiger partial charge in [-0.05, 0) is 53.2 Å². The maximum atomic E-state index is 11.8. The van der Waals surface area contributed by atoms with E-state index in [0.29, 0.717) is 6.04 Å². The molecule has 2 rings (SSSR count). The normalized spacial score (nSPS) is 25.5. The number of halogens is 1. The smallest absolute Gasteiger partial charge is 0.261 e. The SMILES string of the molecule is CC1CCC(NC(=O)c2ccc(Br)s2)C1. The predicted molar refractivity (Wildman–Crippen MR) is 66.3 cm³/mol. The predicted octanol–water partition coefficient (Wildman–Crippen LogP) is 3.43. The second kappa shape index (κ2) is 4.66. The molecule has 1 heterocycles. The van der Waals surface area contributed by atoms with E-state index in [1.165, 1.54) is 17.8 Å². The second-order valence-corrected chi connectivity index (χ2v) is 6.66. The monoisotopic (exact) mass is 287 g/mol. The van der Waals surface area contributed by atoms with Gasteiger partial charge in [-0.1, -0.05) is 6.92 Å². The molecule has 1 N–H and O–H groups in total. The van der Waals surface area contributed by atoms with E-state index in [9.17, 15) is 4.79 Å². The van der Waals surface area contributed by atoms with Crippen molar-refractivity contribution in [2.45, 2.75) is 32.2 Å². The molecule has 1 saturated carbocycles. The van der Waals surface area contributed by atoms with Crippen LogP contribution in [0.2, 0.25) is 0 Å². The molecule has 0 aliphatic heterocycles. The molecule has 0 bridgehead atoms. The minimum atomic E-state index is 0.0739. The minimum Gasteiger partial charge on any atom is -0.349 e. The summed E-state index contributed by atoms with van der Waals surface area (Å²) >= 11 is 4.85. The van der Waals surface area contributed by atoms with Crippen LogP contribution in [0.5, 0.6) is 0 Å². The van der Waals surface area contributed by atoms with Crippen molar-refractivity contribution in [3.63, 3.8) is 0 Å². The highest BCUT2D eigenvalue weighted by Gasteiger charge is 2.23. The van der Waals surface area contributed by atoms with Gasteiger partial charge in [0.2, 0.25) is 0 Å². The fourth-order valence-corrected chi connectivity index (χ4v) is 3.32. The summed E-state index contributed by atoms with van der Waals surface area (Å²) < 4.78 is 1.01. The summed E-state index contributed by atoms with van der Waals surface area (Å²) in [5.74, 6) is 0.829. The summed E-state index contributed by atoms with van der Waals surface area (Å²) in [5, 5.41) is 3.09. The van der Waals surface area contributed by atoms with E-state index >= 15 is 0 Å². The Balaban J connectivity index is 1.92. The third-order valence-corrected chi connectivity index (χ3v) is 4.45. The maximum absolute atomic E-state index is 11.8. The van der Waals surface area contributed by atoms with E-state index in [0.717, 1.165) is 27.4 Å². The molecule has 2 atom stereocenters. The molecular formula is C11H14BrNOS. The fraction of sp³-hybridized carbons (Fsp3) is 0.545. The molecule has 1 fully saturated rings. The number of rotatable bonds is 2. The van der Waals surface area contributed by atoms with Crippen LogP contribution < -0.4 is 5.32 Å². The molecule has 1 aromatic heterocycles. The zero-order valence-corrected chi connectivity index (χ0v) is 11.0. The van der Waals surface area contributed by atoms with Gasteiger partial charge in [0.05, 0.1) is 8.66 Å². The van der Waals surface area contributed by atoms with Gasteiger partial charge in [0.25, 0.3) is 5.91 Å². The van der Waals surface area contributed by atoms with Gasteiger partial charge in [0.1, 0.15) is 0 Å². The quantitative estimate of drug-likeness (QED) is 0.887. The average Bonchev–Trinajstić information content (AvgIpc) is 2.75. The van der Waals surface area contributed by atoms with E-state index in [4.69, 9.17) is 0 Å². The van der Waals surface area contributed by atoms with Crippen LogP contribution in [0.4, 0.5) is 0 Å². The highest BCUT2D eigenvalue weighted by atomic mass is 79.9. The molecular weight excluding hydrogens is 274 g/mol. The first kappa shape index (κ1) is 11.1. The summed E-state index contributed by atoms with van der Waals surface area (Å²) in [5.41, 5.74) is 0. The Kier molecular flexibility index (Phi) is 3.46. The summed E-state index contributed by atoms with van der Waals surface area (Å²) in [4.78, 5) is 12.6. The van der Waals surface area contributed by atoms with E-state index < -0.39 is 0 Å². The number of carbonyl (C=O) groups excluding carboxylic acids is 1. The van der Waals surface area contributed by atoms with Crippen molar-refractivity contribution < 1.29 is 4.79 Å². The average molecular weight is 288 g/mol. The van der Waals surface area contributed by atoms with Gasteiger partial charge in [-0.3, -0.25) is 4.79 Å². The molecule has 1 aliphatic rings. The van der Waals surface area contributed by atoms with Gasteiger partial charge in [-0.25, -0.2) is 0 Å². The van der Waals surface area contributed by atoms with Crippen LogP contribution in [-0.4, -0.2) is 11.9 Å². The maximum Gasteiger partial charge on any atom is 0.261 e. The van der Waals surface area contributed by atoms with Crippen LogP contribution in [0.25, 0.3) is 0 Å². The highest BCUT2D eigenvalue weighted by Crippen LogP contribution is 2.26. The van der Waals surface area contributed by atoms with E-state index in [-0.39, 0.29) is 5.91 Å². The van der Waals surface area contributed by atoms with E-state index in [1.54, 1.807) is 0 Å². The summed E-state index contributed by atoms with van der Waals surface area (Å²) in [6.45, 7) is 2.24. The van der Waals surface area contributed by atoms with Gasteiger partial charge >= 0.3 is 0 Å². The van der Waals surface area contributed by atoms with Crippen molar-refractivity contribution in [2.75, 3.05) is 0 Å². The molecule has 2 nitrogen and oxygen atoms in total. The lowest BCUT2D eigenvalue weighted by atomic mass is 10.1. The standard InChI is InChI=1S/C11H14BrNOS/c1-7-2-3-8(6-7)13-11(14)9-4-5-10(12)15-9/h4-5,7-8H,2-3,6H2,1H3,(H,13,14). The first-order chi connectivity index (χ1) is 7.15. The lowest BCUT2D eigenvalue weighted by Gasteiger charge is -2.11. The van der Waals surface area contributed by atoms with Crippen molar-refractivity contribution in [3.8, 4) is 0 Å². The third-order valence-electron chi connectivity index (χ3n) is 2.83. The Hall–Kier alpha value is -0.350. The van der Waals surface area contributed by atoms with E-state index in [2.05, 4.69) is 28.2 Å². The Bertz CT molecular complexity index is 363. The molecule has 1 aromatic rings. The summed E-state index contributed by atoms with van der Waals surface area (Å²) in [6, 6.07) is 4.16. The van der Waals surface area contributed by atoms with Crippen molar-refractivity contribution in [3.05, 3.63) is 20.8 Å². The molecule has 1 aliphatic carbocycles. The molecule has 0 radical (unpaired) electrons. The largest absolute Gasteiger partial charge is 0.349 e. The van der Waals surface area contributed by atoms with Gasteiger partial charge in [-0.2, -0.15) is 0 Å². The molecule has 1 amide bonds. The molecule has 0 aromatic carbocycles. The fourth-order valence-electron chi connectivity index (χ4n) is 2.03. The van der Waals surface area contributed by atoms with Crippen molar-refractivity contribution >= 4 is 33.2 Å². The number of carbonyl (C=O) groups is 1. The van der Waals surface area contributed by atoms with Crippen LogP contribution >= 0.6 is 27.3 Å². The molecule has 4 heteroatoms. The number of amides is 1. The molecule has 0 saturated heterocycles. The third kappa shape index (κ3) is 2.82. The number of nitrogens with one attached hydrogen (secondary N) is 1. The minimum absolute atomic E-state index is 0.0739. The van der Waals surface area contributed by atoms with Gasteiger partial charge in [0, 0.05) is 6.04 Å². The van der Waals surface area contributed by atoms with Gasteiger partial charge < -0.3 is 5.32 Å². The van der Waals surface area contributed by atoms with Crippen LogP contribution in [0, 0.1) is 5.92 Å². The second-order valence-electron chi connectivity index (χ2n) is 4.19. The molecule has 82 valence electrons. The van der Waals surface area contributed by atoms with Crippen LogP contribution in [-0.2, 0) is 0 Å². The van der Waals surface area contributed by atoms with Crippen molar-refractivity contribution in [1.29, 1.82) is 0 Å². The van der Waals surface area contributed by atoms with Crippen molar-refractivity contribution in [1.82, 2.24) is 5.32 Å². The number of hydrogen-bond donors (Lipinski definition) is 1. The van der Waals surface area contributed by atoms with Crippen LogP contribution in [0.1, 0.15) is 35.9 Å². The van der Waals surface area contributed by atoms with Crippen LogP contribution in [0.3, 0.4) is 0 Å². The van der Waals surface area contributed by atoms with Crippen LogP contribution in [0.15, 0.2) is 15.9 Å². The Morgan fingerprint density at radius 1 is 1.53 bits per heavy atom. The molecule has 0 spiro atoms. The number of hydrogen-bond acceptors (Lipinski definition) is 2. The molecule has 2 unspecified atom stereocenters.